The minimum atomic E-state index is 0.457. The maximum Gasteiger partial charge on any atom is 0.0410 e. The lowest BCUT2D eigenvalue weighted by Crippen LogP contribution is -2.42. The Hall–Kier alpha value is 0.960. The fourth-order valence-corrected chi connectivity index (χ4v) is 4.52. The van der Waals surface area contributed by atoms with Gasteiger partial charge in [0, 0.05) is 8.65 Å². The average molecular weight is 282 g/mol. The first-order valence-electron chi connectivity index (χ1n) is 4.54. The number of hydrogen-bond donors (Lipinski definition) is 0. The fourth-order valence-electron chi connectivity index (χ4n) is 2.61. The lowest BCUT2D eigenvalue weighted by molar-refractivity contribution is 0.361. The number of halogens is 2. The van der Waals surface area contributed by atoms with Crippen molar-refractivity contribution in [3.05, 3.63) is 0 Å². The molecular formula is C9H14Br2. The van der Waals surface area contributed by atoms with Crippen LogP contribution in [0.2, 0.25) is 0 Å². The van der Waals surface area contributed by atoms with Crippen molar-refractivity contribution in [2.24, 2.45) is 0 Å². The second-order valence-electron chi connectivity index (χ2n) is 3.99. The van der Waals surface area contributed by atoms with Crippen molar-refractivity contribution in [1.82, 2.24) is 0 Å². The van der Waals surface area contributed by atoms with Crippen LogP contribution < -0.4 is 0 Å². The normalized spacial score (nSPS) is 50.7. The molecule has 2 heteroatoms. The molecule has 0 unspecified atom stereocenters. The summed E-state index contributed by atoms with van der Waals surface area (Å²) in [4.78, 5) is 0. The summed E-state index contributed by atoms with van der Waals surface area (Å²) in [6, 6.07) is 0. The quantitative estimate of drug-likeness (QED) is 0.589. The lowest BCUT2D eigenvalue weighted by Gasteiger charge is -2.41. The molecule has 0 N–H and O–H groups in total. The van der Waals surface area contributed by atoms with Crippen molar-refractivity contribution >= 4 is 31.9 Å². The first-order valence-corrected chi connectivity index (χ1v) is 6.13. The van der Waals surface area contributed by atoms with Gasteiger partial charge in [0.15, 0.2) is 0 Å². The third-order valence-electron chi connectivity index (χ3n) is 3.35. The molecule has 0 bridgehead atoms. The second-order valence-corrected chi connectivity index (χ2v) is 7.03. The van der Waals surface area contributed by atoms with Crippen LogP contribution in [0.3, 0.4) is 0 Å². The first-order chi connectivity index (χ1) is 5.16. The van der Waals surface area contributed by atoms with Gasteiger partial charge in [-0.2, -0.15) is 0 Å². The first kappa shape index (κ1) is 8.55. The molecule has 11 heavy (non-hydrogen) atoms. The predicted molar refractivity (Wildman–Crippen MR) is 55.6 cm³/mol. The minimum absolute atomic E-state index is 0.457. The van der Waals surface area contributed by atoms with Gasteiger partial charge in [-0.1, -0.05) is 51.1 Å². The summed E-state index contributed by atoms with van der Waals surface area (Å²) in [5.74, 6) is 0. The van der Waals surface area contributed by atoms with Gasteiger partial charge in [0.2, 0.25) is 0 Å². The van der Waals surface area contributed by atoms with Crippen LogP contribution in [-0.4, -0.2) is 8.65 Å². The largest absolute Gasteiger partial charge is 0.0838 e. The van der Waals surface area contributed by atoms with Gasteiger partial charge >= 0.3 is 0 Å². The molecule has 0 aromatic rings. The van der Waals surface area contributed by atoms with Gasteiger partial charge < -0.3 is 0 Å². The highest BCUT2D eigenvalue weighted by Crippen LogP contribution is 2.58. The van der Waals surface area contributed by atoms with E-state index < -0.39 is 0 Å². The van der Waals surface area contributed by atoms with Crippen molar-refractivity contribution in [3.8, 4) is 0 Å². The van der Waals surface area contributed by atoms with E-state index in [0.717, 1.165) is 0 Å². The molecular weight excluding hydrogens is 268 g/mol. The monoisotopic (exact) mass is 280 g/mol. The molecule has 0 heterocycles. The average Bonchev–Trinajstić information content (AvgIpc) is 2.25. The zero-order valence-electron chi connectivity index (χ0n) is 6.71. The van der Waals surface area contributed by atoms with Gasteiger partial charge in [0.25, 0.3) is 0 Å². The molecule has 0 radical (unpaired) electrons. The van der Waals surface area contributed by atoms with E-state index in [1.54, 1.807) is 0 Å². The van der Waals surface area contributed by atoms with Crippen LogP contribution in [0.1, 0.15) is 44.9 Å². The van der Waals surface area contributed by atoms with Crippen LogP contribution in [0, 0.1) is 0 Å². The Kier molecular flexibility index (Phi) is 2.12. The third kappa shape index (κ3) is 1.21. The summed E-state index contributed by atoms with van der Waals surface area (Å²) in [6.45, 7) is 0. The fraction of sp³-hybridized carbons (Fsp3) is 1.00. The molecule has 2 rings (SSSR count). The van der Waals surface area contributed by atoms with Gasteiger partial charge in [-0.3, -0.25) is 0 Å². The molecule has 0 aliphatic heterocycles. The van der Waals surface area contributed by atoms with Crippen LogP contribution in [-0.2, 0) is 0 Å². The highest BCUT2D eigenvalue weighted by atomic mass is 79.9. The summed E-state index contributed by atoms with van der Waals surface area (Å²) < 4.78 is 0.913. The molecule has 0 aromatic carbocycles. The second kappa shape index (κ2) is 2.73. The Balaban J connectivity index is 2.24. The standard InChI is InChI=1S/C9H14Br2/c10-8-4-1-2-5-9(8,11)7-3-6-8/h1-7H2/t8-,9-/m1/s1. The predicted octanol–water partition coefficient (Wildman–Crippen LogP) is 4.01. The molecule has 0 spiro atoms. The van der Waals surface area contributed by atoms with Gasteiger partial charge in [0.05, 0.1) is 0 Å². The Morgan fingerprint density at radius 1 is 0.636 bits per heavy atom. The topological polar surface area (TPSA) is 0 Å². The lowest BCUT2D eigenvalue weighted by atomic mass is 9.81. The maximum absolute atomic E-state index is 3.93. The van der Waals surface area contributed by atoms with Gasteiger partial charge in [-0.05, 0) is 25.7 Å². The van der Waals surface area contributed by atoms with Crippen molar-refractivity contribution in [1.29, 1.82) is 0 Å². The van der Waals surface area contributed by atoms with Gasteiger partial charge in [-0.15, -0.1) is 0 Å². The van der Waals surface area contributed by atoms with Crippen molar-refractivity contribution in [2.45, 2.75) is 53.6 Å². The van der Waals surface area contributed by atoms with Crippen LogP contribution >= 0.6 is 31.9 Å². The summed E-state index contributed by atoms with van der Waals surface area (Å²) >= 11 is 7.86. The molecule has 64 valence electrons. The Morgan fingerprint density at radius 2 is 1.00 bits per heavy atom. The van der Waals surface area contributed by atoms with Crippen LogP contribution in [0.4, 0.5) is 0 Å². The highest BCUT2D eigenvalue weighted by molar-refractivity contribution is 9.13. The van der Waals surface area contributed by atoms with Gasteiger partial charge in [-0.25, -0.2) is 0 Å². The smallest absolute Gasteiger partial charge is 0.0410 e. The van der Waals surface area contributed by atoms with Gasteiger partial charge in [0.1, 0.15) is 0 Å². The van der Waals surface area contributed by atoms with E-state index in [0.29, 0.717) is 8.65 Å². The molecule has 0 saturated heterocycles. The van der Waals surface area contributed by atoms with E-state index in [9.17, 15) is 0 Å². The summed E-state index contributed by atoms with van der Waals surface area (Å²) in [6.07, 6.45) is 9.72. The van der Waals surface area contributed by atoms with E-state index >= 15 is 0 Å². The Labute approximate surface area is 85.4 Å². The molecule has 2 fully saturated rings. The third-order valence-corrected chi connectivity index (χ3v) is 6.98. The zero-order chi connectivity index (χ0) is 7.95. The van der Waals surface area contributed by atoms with Crippen molar-refractivity contribution < 1.29 is 0 Å². The number of fused-ring (bicyclic) bond motifs is 1. The minimum Gasteiger partial charge on any atom is -0.0838 e. The van der Waals surface area contributed by atoms with Crippen molar-refractivity contribution in [2.75, 3.05) is 0 Å². The molecule has 2 aliphatic rings. The van der Waals surface area contributed by atoms with E-state index in [4.69, 9.17) is 0 Å². The summed E-state index contributed by atoms with van der Waals surface area (Å²) in [7, 11) is 0. The molecule has 0 amide bonds. The summed E-state index contributed by atoms with van der Waals surface area (Å²) in [5, 5.41) is 0. The molecule has 2 atom stereocenters. The summed E-state index contributed by atoms with van der Waals surface area (Å²) in [5.41, 5.74) is 0. The van der Waals surface area contributed by atoms with Crippen LogP contribution in [0.5, 0.6) is 0 Å². The van der Waals surface area contributed by atoms with E-state index in [1.165, 1.54) is 44.9 Å². The van der Waals surface area contributed by atoms with Crippen LogP contribution in [0.15, 0.2) is 0 Å². The SMILES string of the molecule is Br[C@@]12CCCC[C@@]1(Br)CCC2. The number of hydrogen-bond acceptors (Lipinski definition) is 0. The molecule has 0 aromatic heterocycles. The molecule has 2 saturated carbocycles. The van der Waals surface area contributed by atoms with Crippen LogP contribution in [0.25, 0.3) is 0 Å². The Morgan fingerprint density at radius 3 is 1.45 bits per heavy atom. The zero-order valence-corrected chi connectivity index (χ0v) is 9.88. The number of rotatable bonds is 0. The molecule has 0 nitrogen and oxygen atoms in total. The van der Waals surface area contributed by atoms with E-state index in [2.05, 4.69) is 31.9 Å². The molecule has 2 aliphatic carbocycles. The maximum atomic E-state index is 3.93. The Bertz CT molecular complexity index is 151. The number of alkyl halides is 2. The van der Waals surface area contributed by atoms with Crippen molar-refractivity contribution in [3.63, 3.8) is 0 Å². The van der Waals surface area contributed by atoms with E-state index in [1.807, 2.05) is 0 Å². The highest BCUT2D eigenvalue weighted by Gasteiger charge is 2.52. The van der Waals surface area contributed by atoms with E-state index in [-0.39, 0.29) is 0 Å².